The zero-order valence-electron chi connectivity index (χ0n) is 12.8. The van der Waals surface area contributed by atoms with E-state index in [1.807, 2.05) is 7.05 Å². The van der Waals surface area contributed by atoms with Gasteiger partial charge in [0.25, 0.3) is 5.56 Å². The Hall–Kier alpha value is -1.36. The summed E-state index contributed by atoms with van der Waals surface area (Å²) in [6, 6.07) is 0. The fourth-order valence-electron chi connectivity index (χ4n) is 2.90. The molecule has 1 atom stereocenters. The maximum absolute atomic E-state index is 12.5. The molecular weight excluding hydrogens is 252 g/mol. The molecule has 0 bridgehead atoms. The summed E-state index contributed by atoms with van der Waals surface area (Å²) in [7, 11) is 1.98. The van der Waals surface area contributed by atoms with Gasteiger partial charge in [-0.3, -0.25) is 4.79 Å². The summed E-state index contributed by atoms with van der Waals surface area (Å²) in [5.41, 5.74) is 0.0475. The second-order valence-corrected chi connectivity index (χ2v) is 6.11. The average Bonchev–Trinajstić information content (AvgIpc) is 2.41. The molecule has 0 saturated carbocycles. The Balaban J connectivity index is 2.17. The second-order valence-electron chi connectivity index (χ2n) is 6.11. The number of hydrogen-bond acceptors (Lipinski definition) is 4. The van der Waals surface area contributed by atoms with Crippen LogP contribution in [0, 0.1) is 11.8 Å². The van der Waals surface area contributed by atoms with Crippen molar-refractivity contribution in [2.24, 2.45) is 11.8 Å². The van der Waals surface area contributed by atoms with Gasteiger partial charge in [-0.1, -0.05) is 13.8 Å². The third-order valence-corrected chi connectivity index (χ3v) is 3.77. The maximum atomic E-state index is 12.5. The van der Waals surface area contributed by atoms with E-state index in [-0.39, 0.29) is 5.56 Å². The van der Waals surface area contributed by atoms with E-state index >= 15 is 0 Å². The lowest BCUT2D eigenvalue weighted by molar-refractivity contribution is 0.399. The van der Waals surface area contributed by atoms with Crippen LogP contribution >= 0.6 is 0 Å². The number of nitrogens with zero attached hydrogens (tertiary/aromatic N) is 3. The largest absolute Gasteiger partial charge is 0.352 e. The summed E-state index contributed by atoms with van der Waals surface area (Å²) in [4.78, 5) is 19.0. The monoisotopic (exact) mass is 278 g/mol. The lowest BCUT2D eigenvalue weighted by atomic mass is 9.98. The molecule has 0 aliphatic carbocycles. The molecule has 2 rings (SSSR count). The molecule has 0 aromatic carbocycles. The van der Waals surface area contributed by atoms with Crippen molar-refractivity contribution in [1.29, 1.82) is 0 Å². The highest BCUT2D eigenvalue weighted by atomic mass is 16.1. The van der Waals surface area contributed by atoms with Gasteiger partial charge in [0.1, 0.15) is 0 Å². The van der Waals surface area contributed by atoms with Crippen LogP contribution in [0.4, 0.5) is 5.82 Å². The molecule has 1 aliphatic heterocycles. The van der Waals surface area contributed by atoms with E-state index in [4.69, 9.17) is 0 Å². The molecule has 1 aromatic rings. The Morgan fingerprint density at radius 1 is 1.50 bits per heavy atom. The van der Waals surface area contributed by atoms with Crippen molar-refractivity contribution in [3.05, 3.63) is 22.7 Å². The van der Waals surface area contributed by atoms with Crippen molar-refractivity contribution in [3.8, 4) is 0 Å². The minimum absolute atomic E-state index is 0.0475. The van der Waals surface area contributed by atoms with E-state index in [1.54, 1.807) is 17.0 Å². The van der Waals surface area contributed by atoms with Gasteiger partial charge in [0.15, 0.2) is 5.82 Å². The molecule has 1 fully saturated rings. The smallest absolute Gasteiger partial charge is 0.293 e. The molecule has 1 N–H and O–H groups in total. The molecule has 20 heavy (non-hydrogen) atoms. The number of hydrogen-bond donors (Lipinski definition) is 1. The molecule has 1 unspecified atom stereocenters. The van der Waals surface area contributed by atoms with E-state index in [1.165, 1.54) is 6.42 Å². The standard InChI is InChI=1S/C15H26N4O/c1-12(2)10-19-8-6-17-14(15(19)20)18-7-4-5-13(11-18)9-16-3/h6,8,12-13,16H,4-5,7,9-11H2,1-3H3. The first-order valence-corrected chi connectivity index (χ1v) is 7.56. The van der Waals surface area contributed by atoms with Gasteiger partial charge in [-0.05, 0) is 38.3 Å². The summed E-state index contributed by atoms with van der Waals surface area (Å²) in [5.74, 6) is 1.68. The third kappa shape index (κ3) is 3.60. The van der Waals surface area contributed by atoms with Crippen LogP contribution in [0.3, 0.4) is 0 Å². The molecule has 5 heteroatoms. The van der Waals surface area contributed by atoms with Crippen LogP contribution < -0.4 is 15.8 Å². The van der Waals surface area contributed by atoms with Crippen molar-refractivity contribution in [2.75, 3.05) is 31.6 Å². The lowest BCUT2D eigenvalue weighted by Gasteiger charge is -2.33. The quantitative estimate of drug-likeness (QED) is 0.883. The first-order chi connectivity index (χ1) is 9.61. The summed E-state index contributed by atoms with van der Waals surface area (Å²) < 4.78 is 1.79. The van der Waals surface area contributed by atoms with Gasteiger partial charge >= 0.3 is 0 Å². The van der Waals surface area contributed by atoms with Crippen LogP contribution in [0.15, 0.2) is 17.2 Å². The Bertz CT molecular complexity index is 481. The Kier molecular flexibility index (Phi) is 5.17. The first-order valence-electron chi connectivity index (χ1n) is 7.56. The molecule has 1 saturated heterocycles. The van der Waals surface area contributed by atoms with E-state index < -0.39 is 0 Å². The molecule has 2 heterocycles. The van der Waals surface area contributed by atoms with Gasteiger partial charge in [-0.2, -0.15) is 0 Å². The van der Waals surface area contributed by atoms with Crippen molar-refractivity contribution >= 4 is 5.82 Å². The minimum Gasteiger partial charge on any atom is -0.352 e. The van der Waals surface area contributed by atoms with Crippen LogP contribution in [0.5, 0.6) is 0 Å². The highest BCUT2D eigenvalue weighted by Gasteiger charge is 2.22. The fourth-order valence-corrected chi connectivity index (χ4v) is 2.90. The van der Waals surface area contributed by atoms with Crippen LogP contribution in [-0.4, -0.2) is 36.2 Å². The second kappa shape index (κ2) is 6.88. The predicted molar refractivity (Wildman–Crippen MR) is 82.2 cm³/mol. The SMILES string of the molecule is CNCC1CCCN(c2nccn(CC(C)C)c2=O)C1. The number of piperidine rings is 1. The molecule has 0 amide bonds. The molecule has 0 spiro atoms. The van der Waals surface area contributed by atoms with Gasteiger partial charge in [-0.15, -0.1) is 0 Å². The van der Waals surface area contributed by atoms with Gasteiger partial charge in [0.2, 0.25) is 0 Å². The number of aromatic nitrogens is 2. The minimum atomic E-state index is 0.0475. The van der Waals surface area contributed by atoms with E-state index in [2.05, 4.69) is 29.0 Å². The van der Waals surface area contributed by atoms with Crippen LogP contribution in [-0.2, 0) is 6.54 Å². The Labute approximate surface area is 121 Å². The van der Waals surface area contributed by atoms with Gasteiger partial charge < -0.3 is 14.8 Å². The van der Waals surface area contributed by atoms with Gasteiger partial charge in [-0.25, -0.2) is 4.98 Å². The lowest BCUT2D eigenvalue weighted by Crippen LogP contribution is -2.42. The number of rotatable bonds is 5. The van der Waals surface area contributed by atoms with Crippen molar-refractivity contribution < 1.29 is 0 Å². The summed E-state index contributed by atoms with van der Waals surface area (Å²) in [6.45, 7) is 7.86. The fraction of sp³-hybridized carbons (Fsp3) is 0.733. The van der Waals surface area contributed by atoms with E-state index in [0.29, 0.717) is 17.7 Å². The Morgan fingerprint density at radius 3 is 3.00 bits per heavy atom. The number of nitrogens with one attached hydrogen (secondary N) is 1. The molecule has 1 aromatic heterocycles. The van der Waals surface area contributed by atoms with Crippen LogP contribution in [0.1, 0.15) is 26.7 Å². The molecule has 112 valence electrons. The highest BCUT2D eigenvalue weighted by molar-refractivity contribution is 5.36. The van der Waals surface area contributed by atoms with Crippen molar-refractivity contribution in [3.63, 3.8) is 0 Å². The zero-order valence-corrected chi connectivity index (χ0v) is 12.8. The van der Waals surface area contributed by atoms with Crippen molar-refractivity contribution in [2.45, 2.75) is 33.2 Å². The average molecular weight is 278 g/mol. The van der Waals surface area contributed by atoms with E-state index in [9.17, 15) is 4.79 Å². The maximum Gasteiger partial charge on any atom is 0.293 e. The van der Waals surface area contributed by atoms with Gasteiger partial charge in [0, 0.05) is 32.0 Å². The first kappa shape index (κ1) is 15.0. The summed E-state index contributed by atoms with van der Waals surface area (Å²) >= 11 is 0. The van der Waals surface area contributed by atoms with Crippen LogP contribution in [0.2, 0.25) is 0 Å². The highest BCUT2D eigenvalue weighted by Crippen LogP contribution is 2.18. The van der Waals surface area contributed by atoms with Crippen molar-refractivity contribution in [1.82, 2.24) is 14.9 Å². The summed E-state index contributed by atoms with van der Waals surface area (Å²) in [5, 5.41) is 3.23. The molecular formula is C15H26N4O. The molecule has 1 aliphatic rings. The third-order valence-electron chi connectivity index (χ3n) is 3.77. The van der Waals surface area contributed by atoms with Crippen LogP contribution in [0.25, 0.3) is 0 Å². The Morgan fingerprint density at radius 2 is 2.30 bits per heavy atom. The zero-order chi connectivity index (χ0) is 14.5. The van der Waals surface area contributed by atoms with Gasteiger partial charge in [0.05, 0.1) is 0 Å². The summed E-state index contributed by atoms with van der Waals surface area (Å²) in [6.07, 6.45) is 5.90. The normalized spacial score (nSPS) is 19.6. The molecule has 0 radical (unpaired) electrons. The van der Waals surface area contributed by atoms with E-state index in [0.717, 1.165) is 32.6 Å². The molecule has 5 nitrogen and oxygen atoms in total. The topological polar surface area (TPSA) is 50.2 Å². The number of anilines is 1. The predicted octanol–water partition coefficient (Wildman–Crippen LogP) is 1.34.